The van der Waals surface area contributed by atoms with Crippen molar-refractivity contribution in [2.45, 2.75) is 84.0 Å². The van der Waals surface area contributed by atoms with Gasteiger partial charge in [0.15, 0.2) is 0 Å². The summed E-state index contributed by atoms with van der Waals surface area (Å²) in [5, 5.41) is 8.28. The maximum absolute atomic E-state index is 13.8. The van der Waals surface area contributed by atoms with Crippen molar-refractivity contribution in [3.05, 3.63) is 71.8 Å². The molecule has 0 saturated heterocycles. The predicted octanol–water partition coefficient (Wildman–Crippen LogP) is 4.11. The van der Waals surface area contributed by atoms with E-state index in [0.29, 0.717) is 6.42 Å². The first-order valence-corrected chi connectivity index (χ1v) is 13.6. The topological polar surface area (TPSA) is 123 Å². The molecule has 3 N–H and O–H groups in total. The Balaban J connectivity index is 2.37. The maximum atomic E-state index is 13.8. The molecule has 0 fully saturated rings. The fraction of sp³-hybridized carbons (Fsp3) is 0.484. The lowest BCUT2D eigenvalue weighted by molar-refractivity contribution is -0.145. The summed E-state index contributed by atoms with van der Waals surface area (Å²) in [5.74, 6) is -1.99. The summed E-state index contributed by atoms with van der Waals surface area (Å²) in [7, 11) is 1.27. The second-order valence-corrected chi connectivity index (χ2v) is 11.3. The number of benzene rings is 2. The van der Waals surface area contributed by atoms with E-state index in [2.05, 4.69) is 16.0 Å². The van der Waals surface area contributed by atoms with Crippen LogP contribution in [0.4, 0.5) is 4.79 Å². The van der Waals surface area contributed by atoms with Crippen molar-refractivity contribution in [2.24, 2.45) is 5.92 Å². The molecule has 40 heavy (non-hydrogen) atoms. The van der Waals surface area contributed by atoms with Gasteiger partial charge in [-0.1, -0.05) is 81.4 Å². The number of amides is 3. The smallest absolute Gasteiger partial charge is 0.408 e. The molecule has 9 heteroatoms. The Morgan fingerprint density at radius 1 is 0.775 bits per heavy atom. The Hall–Kier alpha value is -3.88. The first-order chi connectivity index (χ1) is 18.8. The lowest BCUT2D eigenvalue weighted by Gasteiger charge is -2.29. The number of rotatable bonds is 12. The minimum Gasteiger partial charge on any atom is -0.467 e. The number of methoxy groups -OCH3 is 1. The van der Waals surface area contributed by atoms with Gasteiger partial charge in [0.05, 0.1) is 7.11 Å². The highest BCUT2D eigenvalue weighted by molar-refractivity contribution is 5.93. The van der Waals surface area contributed by atoms with Crippen LogP contribution in [0.2, 0.25) is 0 Å². The highest BCUT2D eigenvalue weighted by Gasteiger charge is 2.34. The molecule has 0 aliphatic carbocycles. The van der Waals surface area contributed by atoms with E-state index in [0.717, 1.165) is 11.1 Å². The SMILES string of the molecule is COC(=O)[C@@H](CC(C)C)NC(=O)[C@@H](Cc1ccccc1)NC(=O)[C@H](NC(=O)OC(C)(C)C)[C@H](C)c1ccccc1. The molecule has 0 bridgehead atoms. The van der Waals surface area contributed by atoms with Gasteiger partial charge in [-0.15, -0.1) is 0 Å². The van der Waals surface area contributed by atoms with Crippen molar-refractivity contribution in [3.8, 4) is 0 Å². The standard InChI is InChI=1S/C31H43N3O6/c1-20(2)18-25(29(37)39-7)33-27(35)24(19-22-14-10-8-11-15-22)32-28(36)26(34-30(38)40-31(4,5)6)21(3)23-16-12-9-13-17-23/h8-17,20-21,24-26H,18-19H2,1-7H3,(H,32,36)(H,33,35)(H,34,38)/t21-,24-,25-,26-/m1/s1. The van der Waals surface area contributed by atoms with E-state index in [1.54, 1.807) is 20.8 Å². The van der Waals surface area contributed by atoms with Crippen LogP contribution in [-0.4, -0.2) is 54.7 Å². The van der Waals surface area contributed by atoms with Crippen molar-refractivity contribution in [1.82, 2.24) is 16.0 Å². The highest BCUT2D eigenvalue weighted by Crippen LogP contribution is 2.20. The lowest BCUT2D eigenvalue weighted by atomic mass is 9.92. The van der Waals surface area contributed by atoms with Crippen LogP contribution < -0.4 is 16.0 Å². The summed E-state index contributed by atoms with van der Waals surface area (Å²) in [6, 6.07) is 15.6. The van der Waals surface area contributed by atoms with Crippen LogP contribution in [0.25, 0.3) is 0 Å². The van der Waals surface area contributed by atoms with Crippen LogP contribution in [0.3, 0.4) is 0 Å². The van der Waals surface area contributed by atoms with Gasteiger partial charge in [0.1, 0.15) is 23.7 Å². The molecular formula is C31H43N3O6. The molecule has 0 saturated carbocycles. The van der Waals surface area contributed by atoms with Gasteiger partial charge in [-0.25, -0.2) is 9.59 Å². The van der Waals surface area contributed by atoms with Gasteiger partial charge < -0.3 is 25.4 Å². The predicted molar refractivity (Wildman–Crippen MR) is 153 cm³/mol. The van der Waals surface area contributed by atoms with Gasteiger partial charge in [0.25, 0.3) is 0 Å². The molecule has 0 aliphatic heterocycles. The molecule has 9 nitrogen and oxygen atoms in total. The number of hydrogen-bond donors (Lipinski definition) is 3. The molecule has 0 aliphatic rings. The van der Waals surface area contributed by atoms with Crippen molar-refractivity contribution < 1.29 is 28.7 Å². The molecule has 2 rings (SSSR count). The molecule has 0 radical (unpaired) electrons. The third-order valence-electron chi connectivity index (χ3n) is 6.20. The van der Waals surface area contributed by atoms with Crippen LogP contribution in [0.1, 0.15) is 65.0 Å². The fourth-order valence-electron chi connectivity index (χ4n) is 4.22. The van der Waals surface area contributed by atoms with Crippen molar-refractivity contribution in [1.29, 1.82) is 0 Å². The second-order valence-electron chi connectivity index (χ2n) is 11.3. The Morgan fingerprint density at radius 2 is 1.32 bits per heavy atom. The van der Waals surface area contributed by atoms with E-state index in [9.17, 15) is 19.2 Å². The first-order valence-electron chi connectivity index (χ1n) is 13.6. The van der Waals surface area contributed by atoms with E-state index in [-0.39, 0.29) is 12.3 Å². The number of ether oxygens (including phenoxy) is 2. The van der Waals surface area contributed by atoms with E-state index >= 15 is 0 Å². The summed E-state index contributed by atoms with van der Waals surface area (Å²) in [5.41, 5.74) is 0.871. The Labute approximate surface area is 237 Å². The van der Waals surface area contributed by atoms with Crippen molar-refractivity contribution in [2.75, 3.05) is 7.11 Å². The summed E-state index contributed by atoms with van der Waals surface area (Å²) in [4.78, 5) is 52.4. The number of nitrogens with one attached hydrogen (secondary N) is 3. The van der Waals surface area contributed by atoms with Crippen LogP contribution in [0.5, 0.6) is 0 Å². The quantitative estimate of drug-likeness (QED) is 0.340. The maximum Gasteiger partial charge on any atom is 0.408 e. The molecule has 0 unspecified atom stereocenters. The second kappa shape index (κ2) is 15.1. The summed E-state index contributed by atoms with van der Waals surface area (Å²) in [6.07, 6.45) is -0.201. The first kappa shape index (κ1) is 32.3. The highest BCUT2D eigenvalue weighted by atomic mass is 16.6. The summed E-state index contributed by atoms with van der Waals surface area (Å²) >= 11 is 0. The average Bonchev–Trinajstić information content (AvgIpc) is 2.89. The number of carbonyl (C=O) groups excluding carboxylic acids is 4. The number of carbonyl (C=O) groups is 4. The third-order valence-corrected chi connectivity index (χ3v) is 6.20. The van der Waals surface area contributed by atoms with Crippen molar-refractivity contribution in [3.63, 3.8) is 0 Å². The number of esters is 1. The van der Waals surface area contributed by atoms with E-state index in [4.69, 9.17) is 9.47 Å². The zero-order valence-electron chi connectivity index (χ0n) is 24.5. The molecule has 2 aromatic carbocycles. The molecular weight excluding hydrogens is 510 g/mol. The van der Waals surface area contributed by atoms with Gasteiger partial charge in [-0.3, -0.25) is 9.59 Å². The van der Waals surface area contributed by atoms with Gasteiger partial charge >= 0.3 is 12.1 Å². The molecule has 218 valence electrons. The van der Waals surface area contributed by atoms with E-state index in [1.165, 1.54) is 7.11 Å². The molecule has 0 heterocycles. The minimum atomic E-state index is -1.05. The van der Waals surface area contributed by atoms with E-state index < -0.39 is 53.5 Å². The summed E-state index contributed by atoms with van der Waals surface area (Å²) in [6.45, 7) is 10.9. The normalized spacial score (nSPS) is 14.3. The Bertz CT molecular complexity index is 1110. The molecule has 0 aromatic heterocycles. The van der Waals surface area contributed by atoms with Crippen molar-refractivity contribution >= 4 is 23.9 Å². The van der Waals surface area contributed by atoms with Gasteiger partial charge in [0.2, 0.25) is 11.8 Å². The number of alkyl carbamates (subject to hydrolysis) is 1. The summed E-state index contributed by atoms with van der Waals surface area (Å²) < 4.78 is 10.3. The van der Waals surface area contributed by atoms with Gasteiger partial charge in [-0.2, -0.15) is 0 Å². The molecule has 2 aromatic rings. The van der Waals surface area contributed by atoms with Gasteiger partial charge in [0, 0.05) is 12.3 Å². The molecule has 4 atom stereocenters. The molecule has 0 spiro atoms. The Morgan fingerprint density at radius 3 is 1.85 bits per heavy atom. The van der Waals surface area contributed by atoms with Gasteiger partial charge in [-0.05, 0) is 44.2 Å². The van der Waals surface area contributed by atoms with E-state index in [1.807, 2.05) is 81.4 Å². The number of hydrogen-bond acceptors (Lipinski definition) is 6. The zero-order chi connectivity index (χ0) is 29.9. The molecule has 3 amide bonds. The monoisotopic (exact) mass is 553 g/mol. The fourth-order valence-corrected chi connectivity index (χ4v) is 4.22. The minimum absolute atomic E-state index is 0.112. The Kier molecular flexibility index (Phi) is 12.2. The van der Waals surface area contributed by atoms with Crippen LogP contribution >= 0.6 is 0 Å². The zero-order valence-corrected chi connectivity index (χ0v) is 24.5. The average molecular weight is 554 g/mol. The van der Waals surface area contributed by atoms with Crippen LogP contribution in [0, 0.1) is 5.92 Å². The third kappa shape index (κ3) is 10.7. The van der Waals surface area contributed by atoms with Crippen LogP contribution in [-0.2, 0) is 30.3 Å². The lowest BCUT2D eigenvalue weighted by Crippen LogP contribution is -2.58. The largest absolute Gasteiger partial charge is 0.467 e. The van der Waals surface area contributed by atoms with Crippen LogP contribution in [0.15, 0.2) is 60.7 Å².